The van der Waals surface area contributed by atoms with E-state index in [0.29, 0.717) is 20.8 Å². The van der Waals surface area contributed by atoms with Crippen LogP contribution < -0.4 is 10.6 Å². The molecular weight excluding hydrogens is 335 g/mol. The maximum Gasteiger partial charge on any atom is 0.279 e. The number of nitrogens with one attached hydrogen (secondary N) is 1. The van der Waals surface area contributed by atoms with Gasteiger partial charge in [-0.3, -0.25) is 4.79 Å². The van der Waals surface area contributed by atoms with E-state index in [2.05, 4.69) is 5.32 Å². The fraction of sp³-hybridized carbons (Fsp3) is 0.214. The van der Waals surface area contributed by atoms with Crippen LogP contribution in [0.4, 0.5) is 5.69 Å². The van der Waals surface area contributed by atoms with Gasteiger partial charge in [0.25, 0.3) is 5.91 Å². The molecule has 0 saturated heterocycles. The summed E-state index contributed by atoms with van der Waals surface area (Å²) in [5, 5.41) is 5.56. The summed E-state index contributed by atoms with van der Waals surface area (Å²) in [6.45, 7) is 2.17. The van der Waals surface area contributed by atoms with Crippen LogP contribution in [0.5, 0.6) is 0 Å². The molecule has 3 N–H and O–H groups in total. The molecule has 1 aromatic heterocycles. The zero-order valence-corrected chi connectivity index (χ0v) is 13.5. The van der Waals surface area contributed by atoms with Crippen LogP contribution in [0.3, 0.4) is 0 Å². The van der Waals surface area contributed by atoms with E-state index in [4.69, 9.17) is 39.2 Å². The molecule has 0 radical (unpaired) electrons. The van der Waals surface area contributed by atoms with Crippen molar-refractivity contribution in [2.75, 3.05) is 11.9 Å². The van der Waals surface area contributed by atoms with Gasteiger partial charge in [0.05, 0.1) is 22.0 Å². The predicted octanol–water partition coefficient (Wildman–Crippen LogP) is 3.50. The van der Waals surface area contributed by atoms with Crippen LogP contribution in [0.2, 0.25) is 15.1 Å². The van der Waals surface area contributed by atoms with Crippen molar-refractivity contribution in [1.82, 2.24) is 0 Å². The average molecular weight is 349 g/mol. The average Bonchev–Trinajstić information content (AvgIpc) is 2.94. The van der Waals surface area contributed by atoms with Gasteiger partial charge < -0.3 is 15.1 Å². The van der Waals surface area contributed by atoms with Crippen molar-refractivity contribution in [2.24, 2.45) is 0 Å². The Balaban J connectivity index is 1.93. The van der Waals surface area contributed by atoms with E-state index in [0.717, 1.165) is 5.76 Å². The molecule has 0 aliphatic heterocycles. The molecule has 4 nitrogen and oxygen atoms in total. The second kappa shape index (κ2) is 7.18. The molecule has 0 saturated carbocycles. The Morgan fingerprint density at radius 2 is 2.00 bits per heavy atom. The number of halogens is 3. The van der Waals surface area contributed by atoms with E-state index in [-0.39, 0.29) is 18.5 Å². The second-order valence-corrected chi connectivity index (χ2v) is 5.79. The number of carbonyl (C=O) groups is 1. The van der Waals surface area contributed by atoms with Gasteiger partial charge in [-0.25, -0.2) is 0 Å². The van der Waals surface area contributed by atoms with E-state index in [1.165, 1.54) is 12.1 Å². The van der Waals surface area contributed by atoms with Gasteiger partial charge in [0, 0.05) is 5.02 Å². The Kier molecular flexibility index (Phi) is 5.53. The highest BCUT2D eigenvalue weighted by molar-refractivity contribution is 6.42. The minimum atomic E-state index is -0.209. The summed E-state index contributed by atoms with van der Waals surface area (Å²) in [6.07, 6.45) is 1.60. The maximum atomic E-state index is 12.0. The van der Waals surface area contributed by atoms with Gasteiger partial charge in [0.15, 0.2) is 12.3 Å². The largest absolute Gasteiger partial charge is 0.463 e. The Labute approximate surface area is 137 Å². The van der Waals surface area contributed by atoms with Gasteiger partial charge in [-0.2, -0.15) is 0 Å². The number of quaternary nitrogens is 1. The van der Waals surface area contributed by atoms with E-state index < -0.39 is 0 Å². The quantitative estimate of drug-likeness (QED) is 0.869. The van der Waals surface area contributed by atoms with Crippen LogP contribution in [0.15, 0.2) is 34.9 Å². The Bertz CT molecular complexity index is 606. The lowest BCUT2D eigenvalue weighted by atomic mass is 10.2. The van der Waals surface area contributed by atoms with Crippen molar-refractivity contribution in [3.63, 3.8) is 0 Å². The minimum Gasteiger partial charge on any atom is -0.463 e. The van der Waals surface area contributed by atoms with Crippen LogP contribution in [0.25, 0.3) is 0 Å². The van der Waals surface area contributed by atoms with E-state index in [1.54, 1.807) is 6.26 Å². The second-order valence-electron chi connectivity index (χ2n) is 4.54. The molecule has 2 rings (SSSR count). The molecule has 0 bridgehead atoms. The summed E-state index contributed by atoms with van der Waals surface area (Å²) in [6, 6.07) is 6.78. The molecule has 1 heterocycles. The van der Waals surface area contributed by atoms with Gasteiger partial charge in [0.1, 0.15) is 6.04 Å². The first kappa shape index (κ1) is 16.2. The molecule has 1 amide bonds. The van der Waals surface area contributed by atoms with Gasteiger partial charge in [-0.15, -0.1) is 0 Å². The first-order chi connectivity index (χ1) is 9.97. The van der Waals surface area contributed by atoms with Crippen molar-refractivity contribution in [1.29, 1.82) is 0 Å². The fourth-order valence-corrected chi connectivity index (χ4v) is 2.71. The van der Waals surface area contributed by atoms with Crippen LogP contribution in [0, 0.1) is 0 Å². The lowest BCUT2D eigenvalue weighted by molar-refractivity contribution is -0.684. The van der Waals surface area contributed by atoms with E-state index in [9.17, 15) is 4.79 Å². The van der Waals surface area contributed by atoms with Crippen LogP contribution in [0.1, 0.15) is 18.7 Å². The molecule has 2 aromatic rings. The molecule has 0 unspecified atom stereocenters. The van der Waals surface area contributed by atoms with E-state index in [1.807, 2.05) is 24.4 Å². The van der Waals surface area contributed by atoms with Crippen LogP contribution in [-0.2, 0) is 4.79 Å². The smallest absolute Gasteiger partial charge is 0.279 e. The normalized spacial score (nSPS) is 12.2. The number of furan rings is 1. The highest BCUT2D eigenvalue weighted by Crippen LogP contribution is 2.33. The lowest BCUT2D eigenvalue weighted by Gasteiger charge is -2.11. The number of nitrogens with two attached hydrogens (primary N) is 1. The highest BCUT2D eigenvalue weighted by atomic mass is 35.5. The molecule has 0 fully saturated rings. The number of hydrogen-bond donors (Lipinski definition) is 2. The standard InChI is InChI=1S/C14H13Cl3N2O2/c1-8(12-3-2-4-21-12)18-7-13(20)19-14-10(16)5-9(15)6-11(14)17/h2-6,8,18H,7H2,1H3,(H,19,20)/p+1/t8-/m1/s1. The first-order valence-electron chi connectivity index (χ1n) is 6.28. The molecule has 1 atom stereocenters. The van der Waals surface area contributed by atoms with Crippen LogP contribution >= 0.6 is 34.8 Å². The molecular formula is C14H14Cl3N2O2+. The van der Waals surface area contributed by atoms with Crippen molar-refractivity contribution in [3.05, 3.63) is 51.4 Å². The summed E-state index contributed by atoms with van der Waals surface area (Å²) in [5.74, 6) is 0.602. The lowest BCUT2D eigenvalue weighted by Crippen LogP contribution is -2.86. The number of amides is 1. The molecule has 0 aliphatic carbocycles. The molecule has 7 heteroatoms. The zero-order valence-electron chi connectivity index (χ0n) is 11.2. The molecule has 0 spiro atoms. The number of rotatable bonds is 5. The van der Waals surface area contributed by atoms with Gasteiger partial charge in [-0.1, -0.05) is 34.8 Å². The minimum absolute atomic E-state index is 0.0434. The number of hydrogen-bond acceptors (Lipinski definition) is 2. The fourth-order valence-electron chi connectivity index (χ4n) is 1.80. The third-order valence-corrected chi connectivity index (χ3v) is 3.73. The van der Waals surface area contributed by atoms with Crippen molar-refractivity contribution >= 4 is 46.4 Å². The number of benzene rings is 1. The van der Waals surface area contributed by atoms with Gasteiger partial charge in [-0.05, 0) is 31.2 Å². The summed E-state index contributed by atoms with van der Waals surface area (Å²) < 4.78 is 5.28. The first-order valence-corrected chi connectivity index (χ1v) is 7.42. The topological polar surface area (TPSA) is 58.9 Å². The SMILES string of the molecule is C[C@@H]([NH2+]CC(=O)Nc1c(Cl)cc(Cl)cc1Cl)c1ccco1. The summed E-state index contributed by atoms with van der Waals surface area (Å²) in [5.41, 5.74) is 0.367. The molecule has 0 aliphatic rings. The Hall–Kier alpha value is -1.20. The van der Waals surface area contributed by atoms with Crippen molar-refractivity contribution < 1.29 is 14.5 Å². The summed E-state index contributed by atoms with van der Waals surface area (Å²) in [4.78, 5) is 12.0. The number of carbonyl (C=O) groups excluding carboxylic acids is 1. The summed E-state index contributed by atoms with van der Waals surface area (Å²) in [7, 11) is 0. The third kappa shape index (κ3) is 4.38. The van der Waals surface area contributed by atoms with Crippen LogP contribution in [-0.4, -0.2) is 12.5 Å². The van der Waals surface area contributed by atoms with Crippen molar-refractivity contribution in [3.8, 4) is 0 Å². The molecule has 1 aromatic carbocycles. The zero-order chi connectivity index (χ0) is 15.4. The third-order valence-electron chi connectivity index (χ3n) is 2.92. The number of anilines is 1. The van der Waals surface area contributed by atoms with Crippen molar-refractivity contribution in [2.45, 2.75) is 13.0 Å². The van der Waals surface area contributed by atoms with Gasteiger partial charge in [0.2, 0.25) is 0 Å². The Morgan fingerprint density at radius 1 is 1.33 bits per heavy atom. The maximum absolute atomic E-state index is 12.0. The monoisotopic (exact) mass is 347 g/mol. The van der Waals surface area contributed by atoms with E-state index >= 15 is 0 Å². The highest BCUT2D eigenvalue weighted by Gasteiger charge is 2.16. The predicted molar refractivity (Wildman–Crippen MR) is 84.0 cm³/mol. The molecule has 112 valence electrons. The van der Waals surface area contributed by atoms with Gasteiger partial charge >= 0.3 is 0 Å². The molecule has 21 heavy (non-hydrogen) atoms. The Morgan fingerprint density at radius 3 is 2.57 bits per heavy atom. The summed E-state index contributed by atoms with van der Waals surface area (Å²) >= 11 is 17.8.